The molecule has 0 radical (unpaired) electrons. The molecule has 2 aromatic carbocycles. The number of rotatable bonds is 8. The summed E-state index contributed by atoms with van der Waals surface area (Å²) in [5, 5.41) is 8.05. The summed E-state index contributed by atoms with van der Waals surface area (Å²) < 4.78 is 8.03. The molecule has 0 bridgehead atoms. The van der Waals surface area contributed by atoms with Crippen LogP contribution in [-0.4, -0.2) is 26.8 Å². The quantitative estimate of drug-likeness (QED) is 0.334. The van der Waals surface area contributed by atoms with Crippen molar-refractivity contribution in [1.29, 1.82) is 0 Å². The number of hydrogen-bond donors (Lipinski definition) is 2. The maximum Gasteiger partial charge on any atom is 0.153 e. The van der Waals surface area contributed by atoms with E-state index in [0.29, 0.717) is 11.7 Å². The molecule has 1 aliphatic carbocycles. The molecule has 0 unspecified atom stereocenters. The van der Waals surface area contributed by atoms with Gasteiger partial charge in [-0.1, -0.05) is 30.5 Å². The minimum atomic E-state index is 0.431. The van der Waals surface area contributed by atoms with E-state index in [1.165, 1.54) is 30.3 Å². The Balaban J connectivity index is 1.36. The standard InChI is InChI=1S/C28H32N6O/c1-19(17-30-2)10-11-20-6-5-9-24(16-20)35-23-14-12-22(13-15-23)34-27-26(31-18-32-28(27)29)25(33-34)21-7-3-4-8-21/h5-6,9,12-18,21,30H,3-4,7-8,10-11H2,1-2H3,(H2,29,31,32)/b19-17+. The summed E-state index contributed by atoms with van der Waals surface area (Å²) in [6, 6.07) is 16.2. The van der Waals surface area contributed by atoms with Crippen LogP contribution in [0.1, 0.15) is 56.2 Å². The Morgan fingerprint density at radius 1 is 1.11 bits per heavy atom. The molecule has 7 nitrogen and oxygen atoms in total. The lowest BCUT2D eigenvalue weighted by atomic mass is 10.0. The van der Waals surface area contributed by atoms with Crippen LogP contribution in [0.2, 0.25) is 0 Å². The number of nitrogens with one attached hydrogen (secondary N) is 1. The van der Waals surface area contributed by atoms with Crippen molar-refractivity contribution in [2.75, 3.05) is 12.8 Å². The van der Waals surface area contributed by atoms with E-state index in [2.05, 4.69) is 34.3 Å². The van der Waals surface area contributed by atoms with Gasteiger partial charge in [0.25, 0.3) is 0 Å². The van der Waals surface area contributed by atoms with E-state index < -0.39 is 0 Å². The molecule has 1 fully saturated rings. The predicted molar refractivity (Wildman–Crippen MR) is 140 cm³/mol. The summed E-state index contributed by atoms with van der Waals surface area (Å²) in [4.78, 5) is 8.77. The lowest BCUT2D eigenvalue weighted by molar-refractivity contribution is 0.482. The van der Waals surface area contributed by atoms with Crippen molar-refractivity contribution in [1.82, 2.24) is 25.1 Å². The maximum absolute atomic E-state index is 6.27. The fourth-order valence-electron chi connectivity index (χ4n) is 4.87. The normalized spacial score (nSPS) is 14.5. The zero-order valence-corrected chi connectivity index (χ0v) is 20.4. The molecule has 7 heteroatoms. The Bertz CT molecular complexity index is 1340. The molecular weight excluding hydrogens is 436 g/mol. The van der Waals surface area contributed by atoms with Crippen molar-refractivity contribution in [3.8, 4) is 17.2 Å². The van der Waals surface area contributed by atoms with Crippen LogP contribution in [0.25, 0.3) is 16.7 Å². The van der Waals surface area contributed by atoms with Crippen LogP contribution in [0.5, 0.6) is 11.5 Å². The van der Waals surface area contributed by atoms with Gasteiger partial charge in [-0.05, 0) is 80.8 Å². The SMILES string of the molecule is CN/C=C(\C)CCc1cccc(Oc2ccc(-n3nc(C4CCCC4)c4ncnc(N)c43)cc2)c1. The van der Waals surface area contributed by atoms with Gasteiger partial charge in [-0.15, -0.1) is 0 Å². The Morgan fingerprint density at radius 3 is 2.69 bits per heavy atom. The van der Waals surface area contributed by atoms with Gasteiger partial charge in [0, 0.05) is 13.0 Å². The highest BCUT2D eigenvalue weighted by Crippen LogP contribution is 2.38. The molecule has 4 aromatic rings. The monoisotopic (exact) mass is 468 g/mol. The highest BCUT2D eigenvalue weighted by atomic mass is 16.5. The summed E-state index contributed by atoms with van der Waals surface area (Å²) in [5.74, 6) is 2.48. The van der Waals surface area contributed by atoms with Gasteiger partial charge in [0.15, 0.2) is 5.82 Å². The third-order valence-corrected chi connectivity index (χ3v) is 6.67. The first-order valence-electron chi connectivity index (χ1n) is 12.3. The van der Waals surface area contributed by atoms with Crippen LogP contribution in [0.15, 0.2) is 66.6 Å². The third kappa shape index (κ3) is 4.99. The number of aryl methyl sites for hydroxylation is 1. The zero-order chi connectivity index (χ0) is 24.2. The highest BCUT2D eigenvalue weighted by Gasteiger charge is 2.25. The van der Waals surface area contributed by atoms with Gasteiger partial charge >= 0.3 is 0 Å². The van der Waals surface area contributed by atoms with Crippen molar-refractivity contribution in [3.05, 3.63) is 77.9 Å². The van der Waals surface area contributed by atoms with Crippen LogP contribution in [0.4, 0.5) is 5.82 Å². The third-order valence-electron chi connectivity index (χ3n) is 6.67. The summed E-state index contributed by atoms with van der Waals surface area (Å²) >= 11 is 0. The van der Waals surface area contributed by atoms with E-state index in [-0.39, 0.29) is 0 Å². The lowest BCUT2D eigenvalue weighted by Crippen LogP contribution is -2.01. The lowest BCUT2D eigenvalue weighted by Gasteiger charge is -2.10. The number of fused-ring (bicyclic) bond motifs is 1. The molecular formula is C28H32N6O. The summed E-state index contributed by atoms with van der Waals surface area (Å²) in [6.45, 7) is 2.14. The van der Waals surface area contributed by atoms with Gasteiger partial charge < -0.3 is 15.8 Å². The van der Waals surface area contributed by atoms with E-state index in [9.17, 15) is 0 Å². The minimum absolute atomic E-state index is 0.431. The van der Waals surface area contributed by atoms with E-state index in [0.717, 1.165) is 59.6 Å². The molecule has 35 heavy (non-hydrogen) atoms. The molecule has 0 aliphatic heterocycles. The Kier molecular flexibility index (Phi) is 6.66. The van der Waals surface area contributed by atoms with Crippen molar-refractivity contribution in [2.45, 2.75) is 51.4 Å². The first-order chi connectivity index (χ1) is 17.1. The number of nitrogens with zero attached hydrogens (tertiary/aromatic N) is 4. The summed E-state index contributed by atoms with van der Waals surface area (Å²) in [5.41, 5.74) is 12.4. The number of ether oxygens (including phenoxy) is 1. The van der Waals surface area contributed by atoms with E-state index in [4.69, 9.17) is 15.6 Å². The van der Waals surface area contributed by atoms with Gasteiger partial charge in [-0.3, -0.25) is 0 Å². The van der Waals surface area contributed by atoms with Gasteiger partial charge in [0.2, 0.25) is 0 Å². The highest BCUT2D eigenvalue weighted by molar-refractivity contribution is 5.88. The summed E-state index contributed by atoms with van der Waals surface area (Å²) in [6.07, 6.45) is 10.3. The number of aromatic nitrogens is 4. The first kappa shape index (κ1) is 22.9. The van der Waals surface area contributed by atoms with Crippen molar-refractivity contribution in [3.63, 3.8) is 0 Å². The maximum atomic E-state index is 6.27. The molecule has 3 N–H and O–H groups in total. The smallest absolute Gasteiger partial charge is 0.153 e. The second-order valence-electron chi connectivity index (χ2n) is 9.26. The second-order valence-corrected chi connectivity index (χ2v) is 9.26. The minimum Gasteiger partial charge on any atom is -0.457 e. The largest absolute Gasteiger partial charge is 0.457 e. The first-order valence-corrected chi connectivity index (χ1v) is 12.3. The Morgan fingerprint density at radius 2 is 1.91 bits per heavy atom. The number of allylic oxidation sites excluding steroid dienone is 1. The summed E-state index contributed by atoms with van der Waals surface area (Å²) in [7, 11) is 1.93. The predicted octanol–water partition coefficient (Wildman–Crippen LogP) is 5.90. The van der Waals surface area contributed by atoms with E-state index >= 15 is 0 Å². The van der Waals surface area contributed by atoms with Gasteiger partial charge in [-0.25, -0.2) is 14.6 Å². The number of nitrogens with two attached hydrogens (primary N) is 1. The molecule has 5 rings (SSSR count). The number of benzene rings is 2. The molecule has 0 amide bonds. The van der Waals surface area contributed by atoms with Crippen molar-refractivity contribution >= 4 is 16.9 Å². The fraction of sp³-hybridized carbons (Fsp3) is 0.321. The fourth-order valence-corrected chi connectivity index (χ4v) is 4.87. The number of anilines is 1. The average Bonchev–Trinajstić information content (AvgIpc) is 3.53. The van der Waals surface area contributed by atoms with Crippen LogP contribution in [0.3, 0.4) is 0 Å². The Hall–Kier alpha value is -3.87. The zero-order valence-electron chi connectivity index (χ0n) is 20.4. The van der Waals surface area contributed by atoms with Gasteiger partial charge in [-0.2, -0.15) is 5.10 Å². The molecule has 180 valence electrons. The van der Waals surface area contributed by atoms with E-state index in [1.807, 2.05) is 54.3 Å². The van der Waals surface area contributed by atoms with Crippen LogP contribution < -0.4 is 15.8 Å². The molecule has 2 aromatic heterocycles. The topological polar surface area (TPSA) is 90.9 Å². The number of hydrogen-bond acceptors (Lipinski definition) is 6. The average molecular weight is 469 g/mol. The molecule has 0 saturated heterocycles. The van der Waals surface area contributed by atoms with Gasteiger partial charge in [0.1, 0.15) is 28.9 Å². The second kappa shape index (κ2) is 10.2. The molecule has 0 spiro atoms. The molecule has 2 heterocycles. The molecule has 1 saturated carbocycles. The van der Waals surface area contributed by atoms with E-state index in [1.54, 1.807) is 0 Å². The van der Waals surface area contributed by atoms with Crippen molar-refractivity contribution < 1.29 is 4.74 Å². The molecule has 1 aliphatic rings. The van der Waals surface area contributed by atoms with Crippen LogP contribution in [-0.2, 0) is 6.42 Å². The van der Waals surface area contributed by atoms with Crippen LogP contribution >= 0.6 is 0 Å². The van der Waals surface area contributed by atoms with Crippen molar-refractivity contribution in [2.24, 2.45) is 0 Å². The molecule has 0 atom stereocenters. The Labute approximate surface area is 206 Å². The van der Waals surface area contributed by atoms with Crippen LogP contribution in [0, 0.1) is 0 Å². The van der Waals surface area contributed by atoms with Gasteiger partial charge in [0.05, 0.1) is 11.4 Å². The number of nitrogen functional groups attached to an aromatic ring is 1.